The molecule has 3 aromatic carbocycles. The van der Waals surface area contributed by atoms with E-state index in [0.29, 0.717) is 18.4 Å². The van der Waals surface area contributed by atoms with Crippen molar-refractivity contribution in [1.29, 1.82) is 0 Å². The standard InChI is InChI=1S/C27H28FNO2S/c28-23-6-8-25(9-7-23)31-26-14-21-16-29(17-22(21)15-26)19-32-27-12-10-24(11-13-27)30-18-20-4-2-1-3-5-20/h1-13,21-22,26H,14-19H2/t21-,22+,26?. The van der Waals surface area contributed by atoms with Gasteiger partial charge in [-0.1, -0.05) is 30.3 Å². The number of halogens is 1. The maximum atomic E-state index is 13.1. The third-order valence-electron chi connectivity index (χ3n) is 6.39. The van der Waals surface area contributed by atoms with Gasteiger partial charge in [-0.3, -0.25) is 4.90 Å². The predicted molar refractivity (Wildman–Crippen MR) is 127 cm³/mol. The summed E-state index contributed by atoms with van der Waals surface area (Å²) in [5, 5.41) is 0. The molecular weight excluding hydrogens is 421 g/mol. The monoisotopic (exact) mass is 449 g/mol. The molecule has 0 aromatic heterocycles. The lowest BCUT2D eigenvalue weighted by atomic mass is 10.0. The van der Waals surface area contributed by atoms with Crippen molar-refractivity contribution in [2.45, 2.75) is 30.4 Å². The van der Waals surface area contributed by atoms with Crippen molar-refractivity contribution in [2.75, 3.05) is 19.0 Å². The minimum Gasteiger partial charge on any atom is -0.490 e. The number of fused-ring (bicyclic) bond motifs is 1. The quantitative estimate of drug-likeness (QED) is 0.379. The van der Waals surface area contributed by atoms with E-state index in [4.69, 9.17) is 9.47 Å². The fourth-order valence-corrected chi connectivity index (χ4v) is 5.66. The largest absolute Gasteiger partial charge is 0.490 e. The van der Waals surface area contributed by atoms with E-state index in [0.717, 1.165) is 43.3 Å². The maximum Gasteiger partial charge on any atom is 0.123 e. The summed E-state index contributed by atoms with van der Waals surface area (Å²) in [6.45, 7) is 2.87. The summed E-state index contributed by atoms with van der Waals surface area (Å²) < 4.78 is 25.0. The maximum absolute atomic E-state index is 13.1. The minimum absolute atomic E-state index is 0.219. The van der Waals surface area contributed by atoms with Crippen molar-refractivity contribution >= 4 is 11.8 Å². The highest BCUT2D eigenvalue weighted by molar-refractivity contribution is 7.99. The molecule has 1 aliphatic carbocycles. The average molecular weight is 450 g/mol. The molecule has 2 fully saturated rings. The molecule has 32 heavy (non-hydrogen) atoms. The van der Waals surface area contributed by atoms with E-state index in [2.05, 4.69) is 41.3 Å². The van der Waals surface area contributed by atoms with Gasteiger partial charge in [0.25, 0.3) is 0 Å². The van der Waals surface area contributed by atoms with E-state index in [1.54, 1.807) is 12.1 Å². The summed E-state index contributed by atoms with van der Waals surface area (Å²) in [4.78, 5) is 3.83. The molecule has 2 aliphatic rings. The van der Waals surface area contributed by atoms with Crippen molar-refractivity contribution < 1.29 is 13.9 Å². The van der Waals surface area contributed by atoms with Gasteiger partial charge in [0, 0.05) is 23.9 Å². The van der Waals surface area contributed by atoms with Crippen LogP contribution in [0, 0.1) is 17.7 Å². The van der Waals surface area contributed by atoms with E-state index in [9.17, 15) is 4.39 Å². The zero-order chi connectivity index (χ0) is 21.8. The third-order valence-corrected chi connectivity index (χ3v) is 7.49. The zero-order valence-corrected chi connectivity index (χ0v) is 18.8. The normalized spacial score (nSPS) is 22.6. The van der Waals surface area contributed by atoms with Crippen molar-refractivity contribution in [1.82, 2.24) is 4.90 Å². The van der Waals surface area contributed by atoms with Crippen LogP contribution in [-0.4, -0.2) is 30.0 Å². The lowest BCUT2D eigenvalue weighted by Gasteiger charge is -2.19. The highest BCUT2D eigenvalue weighted by atomic mass is 32.2. The topological polar surface area (TPSA) is 21.7 Å². The van der Waals surface area contributed by atoms with Crippen molar-refractivity contribution in [3.8, 4) is 11.5 Å². The molecule has 1 heterocycles. The molecule has 1 unspecified atom stereocenters. The van der Waals surface area contributed by atoms with Crippen LogP contribution in [0.5, 0.6) is 11.5 Å². The first-order valence-electron chi connectivity index (χ1n) is 11.3. The summed E-state index contributed by atoms with van der Waals surface area (Å²) in [7, 11) is 0. The Labute approximate surface area is 193 Å². The number of thioether (sulfide) groups is 1. The molecule has 166 valence electrons. The van der Waals surface area contributed by atoms with Gasteiger partial charge in [0.1, 0.15) is 23.9 Å². The summed E-state index contributed by atoms with van der Waals surface area (Å²) in [6, 6.07) is 25.0. The highest BCUT2D eigenvalue weighted by Crippen LogP contribution is 2.40. The Hall–Kier alpha value is -2.50. The summed E-state index contributed by atoms with van der Waals surface area (Å²) in [5.74, 6) is 3.88. The fraction of sp³-hybridized carbons (Fsp3) is 0.333. The molecule has 0 spiro atoms. The van der Waals surface area contributed by atoms with Crippen LogP contribution in [-0.2, 0) is 6.61 Å². The van der Waals surface area contributed by atoms with E-state index < -0.39 is 0 Å². The van der Waals surface area contributed by atoms with Crippen molar-refractivity contribution in [3.63, 3.8) is 0 Å². The van der Waals surface area contributed by atoms with Gasteiger partial charge in [-0.15, -0.1) is 11.8 Å². The third kappa shape index (κ3) is 5.45. The van der Waals surface area contributed by atoms with Crippen LogP contribution in [0.15, 0.2) is 83.8 Å². The molecule has 0 amide bonds. The number of hydrogen-bond acceptors (Lipinski definition) is 4. The Morgan fingerprint density at radius 1 is 0.812 bits per heavy atom. The molecule has 3 atom stereocenters. The van der Waals surface area contributed by atoms with Gasteiger partial charge in [0.15, 0.2) is 0 Å². The van der Waals surface area contributed by atoms with Gasteiger partial charge in [0.05, 0.1) is 6.10 Å². The van der Waals surface area contributed by atoms with Crippen LogP contribution in [0.1, 0.15) is 18.4 Å². The fourth-order valence-electron chi connectivity index (χ4n) is 4.79. The van der Waals surface area contributed by atoms with Gasteiger partial charge in [0.2, 0.25) is 0 Å². The van der Waals surface area contributed by atoms with E-state index in [1.165, 1.54) is 22.6 Å². The summed E-state index contributed by atoms with van der Waals surface area (Å²) in [5.41, 5.74) is 1.18. The number of hydrogen-bond donors (Lipinski definition) is 0. The van der Waals surface area contributed by atoms with E-state index >= 15 is 0 Å². The number of ether oxygens (including phenoxy) is 2. The zero-order valence-electron chi connectivity index (χ0n) is 18.0. The molecule has 0 N–H and O–H groups in total. The second-order valence-corrected chi connectivity index (χ2v) is 9.76. The van der Waals surface area contributed by atoms with Crippen LogP contribution in [0.25, 0.3) is 0 Å². The summed E-state index contributed by atoms with van der Waals surface area (Å²) >= 11 is 1.89. The predicted octanol–water partition coefficient (Wildman–Crippen LogP) is 6.24. The van der Waals surface area contributed by atoms with Gasteiger partial charge >= 0.3 is 0 Å². The molecule has 3 aromatic rings. The Morgan fingerprint density at radius 2 is 1.47 bits per heavy atom. The molecule has 3 nitrogen and oxygen atoms in total. The van der Waals surface area contributed by atoms with Crippen molar-refractivity contribution in [3.05, 3.63) is 90.2 Å². The smallest absolute Gasteiger partial charge is 0.123 e. The van der Waals surface area contributed by atoms with Gasteiger partial charge in [-0.25, -0.2) is 4.39 Å². The van der Waals surface area contributed by atoms with Crippen LogP contribution in [0.3, 0.4) is 0 Å². The molecule has 5 heteroatoms. The molecule has 1 saturated heterocycles. The van der Waals surface area contributed by atoms with Crippen molar-refractivity contribution in [2.24, 2.45) is 11.8 Å². The second kappa shape index (κ2) is 9.97. The average Bonchev–Trinajstić information content (AvgIpc) is 3.37. The van der Waals surface area contributed by atoms with Crippen LogP contribution >= 0.6 is 11.8 Å². The van der Waals surface area contributed by atoms with E-state index in [-0.39, 0.29) is 11.9 Å². The Bertz CT molecular complexity index is 982. The molecule has 0 bridgehead atoms. The van der Waals surface area contributed by atoms with E-state index in [1.807, 2.05) is 30.0 Å². The molecule has 1 aliphatic heterocycles. The first kappa shape index (κ1) is 21.4. The number of benzene rings is 3. The van der Waals surface area contributed by atoms with Crippen LogP contribution < -0.4 is 9.47 Å². The molecule has 1 saturated carbocycles. The van der Waals surface area contributed by atoms with Crippen LogP contribution in [0.4, 0.5) is 4.39 Å². The first-order chi connectivity index (χ1) is 15.7. The lowest BCUT2D eigenvalue weighted by Crippen LogP contribution is -2.24. The first-order valence-corrected chi connectivity index (χ1v) is 12.2. The van der Waals surface area contributed by atoms with Gasteiger partial charge in [-0.2, -0.15) is 0 Å². The van der Waals surface area contributed by atoms with Crippen LogP contribution in [0.2, 0.25) is 0 Å². The minimum atomic E-state index is -0.219. The SMILES string of the molecule is Fc1ccc(OC2C[C@@H]3CN(CSc4ccc(OCc5ccccc5)cc4)C[C@@H]3C2)cc1. The lowest BCUT2D eigenvalue weighted by molar-refractivity contribution is 0.189. The summed E-state index contributed by atoms with van der Waals surface area (Å²) in [6.07, 6.45) is 2.45. The van der Waals surface area contributed by atoms with Gasteiger partial charge < -0.3 is 9.47 Å². The Balaban J connectivity index is 1.04. The second-order valence-electron chi connectivity index (χ2n) is 8.74. The number of likely N-dealkylation sites (tertiary alicyclic amines) is 1. The molecule has 5 rings (SSSR count). The number of nitrogens with zero attached hydrogens (tertiary/aromatic N) is 1. The molecule has 0 radical (unpaired) electrons. The Morgan fingerprint density at radius 3 is 2.16 bits per heavy atom. The Kier molecular flexibility index (Phi) is 6.65. The number of rotatable bonds is 8. The molecular formula is C27H28FNO2S. The highest BCUT2D eigenvalue weighted by Gasteiger charge is 2.41. The van der Waals surface area contributed by atoms with Gasteiger partial charge in [-0.05, 0) is 78.8 Å².